The molecule has 0 saturated carbocycles. The lowest BCUT2D eigenvalue weighted by Gasteiger charge is -2.23. The van der Waals surface area contributed by atoms with Crippen LogP contribution in [0.1, 0.15) is 18.4 Å². The number of hydrogen-bond donors (Lipinski definition) is 1. The number of amides is 2. The molecule has 1 N–H and O–H groups in total. The van der Waals surface area contributed by atoms with Gasteiger partial charge in [0.05, 0.1) is 4.90 Å². The molecule has 3 rings (SSSR count). The van der Waals surface area contributed by atoms with E-state index in [1.54, 1.807) is 13.0 Å². The highest BCUT2D eigenvalue weighted by atomic mass is 32.2. The van der Waals surface area contributed by atoms with Gasteiger partial charge in [0.2, 0.25) is 11.8 Å². The van der Waals surface area contributed by atoms with Gasteiger partial charge in [0.25, 0.3) is 10.0 Å². The molecule has 1 aliphatic rings. The van der Waals surface area contributed by atoms with E-state index in [1.165, 1.54) is 36.4 Å². The second-order valence-corrected chi connectivity index (χ2v) is 7.83. The van der Waals surface area contributed by atoms with Crippen molar-refractivity contribution in [1.82, 2.24) is 4.31 Å². The van der Waals surface area contributed by atoms with Crippen LogP contribution in [0.15, 0.2) is 53.4 Å². The maximum atomic E-state index is 13.6. The van der Waals surface area contributed by atoms with Crippen LogP contribution in [0.3, 0.4) is 0 Å². The van der Waals surface area contributed by atoms with Gasteiger partial charge in [-0.2, -0.15) is 0 Å². The molecule has 6 nitrogen and oxygen atoms in total. The van der Waals surface area contributed by atoms with E-state index in [4.69, 9.17) is 0 Å². The third kappa shape index (κ3) is 3.32. The number of nitrogens with one attached hydrogen (secondary N) is 1. The number of rotatable bonds is 4. The van der Waals surface area contributed by atoms with Gasteiger partial charge in [-0.1, -0.05) is 24.3 Å². The Bertz CT molecular complexity index is 960. The molecular formula is C18H17FN2O4S. The highest BCUT2D eigenvalue weighted by Crippen LogP contribution is 2.28. The first-order valence-corrected chi connectivity index (χ1v) is 9.44. The van der Waals surface area contributed by atoms with E-state index in [0.29, 0.717) is 9.87 Å². The van der Waals surface area contributed by atoms with Crippen molar-refractivity contribution in [2.75, 3.05) is 5.32 Å². The molecule has 1 atom stereocenters. The van der Waals surface area contributed by atoms with Gasteiger partial charge in [0.1, 0.15) is 11.9 Å². The highest BCUT2D eigenvalue weighted by molar-refractivity contribution is 7.89. The maximum Gasteiger partial charge on any atom is 0.267 e. The summed E-state index contributed by atoms with van der Waals surface area (Å²) in [5, 5.41) is 2.49. The largest absolute Gasteiger partial charge is 0.324 e. The molecule has 1 aliphatic heterocycles. The molecule has 0 aromatic heterocycles. The molecule has 1 unspecified atom stereocenters. The van der Waals surface area contributed by atoms with Crippen LogP contribution in [0.5, 0.6) is 0 Å². The molecule has 2 amide bonds. The molecule has 1 heterocycles. The van der Waals surface area contributed by atoms with Crippen molar-refractivity contribution < 1.29 is 22.4 Å². The first kappa shape index (κ1) is 18.1. The fourth-order valence-corrected chi connectivity index (χ4v) is 4.43. The molecule has 2 aromatic rings. The molecule has 136 valence electrons. The number of carbonyl (C=O) groups excluding carboxylic acids is 2. The predicted octanol–water partition coefficient (Wildman–Crippen LogP) is 2.45. The van der Waals surface area contributed by atoms with Gasteiger partial charge in [-0.05, 0) is 43.2 Å². The van der Waals surface area contributed by atoms with E-state index < -0.39 is 33.7 Å². The summed E-state index contributed by atoms with van der Waals surface area (Å²) in [6.07, 6.45) is 0.0253. The Balaban J connectivity index is 1.87. The van der Waals surface area contributed by atoms with E-state index in [0.717, 1.165) is 6.07 Å². The number of nitrogens with zero attached hydrogens (tertiary/aromatic N) is 1. The molecule has 0 spiro atoms. The Morgan fingerprint density at radius 1 is 1.19 bits per heavy atom. The third-order valence-electron chi connectivity index (χ3n) is 4.20. The average molecular weight is 376 g/mol. The second kappa shape index (κ2) is 6.87. The van der Waals surface area contributed by atoms with Crippen molar-refractivity contribution in [3.05, 3.63) is 59.9 Å². The number of sulfonamides is 1. The summed E-state index contributed by atoms with van der Waals surface area (Å²) in [6.45, 7) is 1.59. The van der Waals surface area contributed by atoms with Gasteiger partial charge in [0.15, 0.2) is 0 Å². The number of benzene rings is 2. The minimum absolute atomic E-state index is 0.0492. The van der Waals surface area contributed by atoms with Crippen molar-refractivity contribution in [3.63, 3.8) is 0 Å². The van der Waals surface area contributed by atoms with Crippen LogP contribution in [0.4, 0.5) is 10.1 Å². The number of halogens is 1. The minimum atomic E-state index is -4.14. The van der Waals surface area contributed by atoms with E-state index in [-0.39, 0.29) is 23.4 Å². The van der Waals surface area contributed by atoms with E-state index >= 15 is 0 Å². The topological polar surface area (TPSA) is 83.6 Å². The Morgan fingerprint density at radius 3 is 2.54 bits per heavy atom. The first-order chi connectivity index (χ1) is 12.3. The third-order valence-corrected chi connectivity index (χ3v) is 6.05. The standard InChI is InChI=1S/C18H17FN2O4S/c1-12-7-8-13(11-15(12)19)20-18(23)16-9-10-17(22)21(16)26(24,25)14-5-3-2-4-6-14/h2-8,11,16H,9-10H2,1H3,(H,20,23). The quantitative estimate of drug-likeness (QED) is 0.888. The average Bonchev–Trinajstić information content (AvgIpc) is 3.01. The van der Waals surface area contributed by atoms with E-state index in [2.05, 4.69) is 5.32 Å². The molecule has 0 aliphatic carbocycles. The molecule has 0 radical (unpaired) electrons. The van der Waals surface area contributed by atoms with Crippen LogP contribution in [-0.2, 0) is 19.6 Å². The molecule has 0 bridgehead atoms. The highest BCUT2D eigenvalue weighted by Gasteiger charge is 2.44. The van der Waals surface area contributed by atoms with Crippen molar-refractivity contribution in [2.45, 2.75) is 30.7 Å². The van der Waals surface area contributed by atoms with Gasteiger partial charge < -0.3 is 5.32 Å². The summed E-state index contributed by atoms with van der Waals surface area (Å²) >= 11 is 0. The Labute approximate surface area is 150 Å². The van der Waals surface area contributed by atoms with Crippen molar-refractivity contribution in [3.8, 4) is 0 Å². The minimum Gasteiger partial charge on any atom is -0.324 e. The Hall–Kier alpha value is -2.74. The predicted molar refractivity (Wildman–Crippen MR) is 93.3 cm³/mol. The van der Waals surface area contributed by atoms with Gasteiger partial charge in [0, 0.05) is 12.1 Å². The van der Waals surface area contributed by atoms with Gasteiger partial charge >= 0.3 is 0 Å². The first-order valence-electron chi connectivity index (χ1n) is 8.00. The van der Waals surface area contributed by atoms with Crippen LogP contribution in [0.25, 0.3) is 0 Å². The molecule has 26 heavy (non-hydrogen) atoms. The summed E-state index contributed by atoms with van der Waals surface area (Å²) in [7, 11) is -4.14. The van der Waals surface area contributed by atoms with Gasteiger partial charge in [-0.15, -0.1) is 0 Å². The molecule has 8 heteroatoms. The summed E-state index contributed by atoms with van der Waals surface area (Å²) in [4.78, 5) is 24.7. The summed E-state index contributed by atoms with van der Waals surface area (Å²) < 4.78 is 39.8. The molecule has 2 aromatic carbocycles. The zero-order valence-corrected chi connectivity index (χ0v) is 14.8. The second-order valence-electron chi connectivity index (χ2n) is 6.02. The molecular weight excluding hydrogens is 359 g/mol. The number of aryl methyl sites for hydroxylation is 1. The lowest BCUT2D eigenvalue weighted by atomic mass is 10.2. The lowest BCUT2D eigenvalue weighted by Crippen LogP contribution is -2.45. The molecule has 1 fully saturated rings. The SMILES string of the molecule is Cc1ccc(NC(=O)C2CCC(=O)N2S(=O)(=O)c2ccccc2)cc1F. The van der Waals surface area contributed by atoms with Gasteiger partial charge in [-0.3, -0.25) is 9.59 Å². The van der Waals surface area contributed by atoms with Gasteiger partial charge in [-0.25, -0.2) is 17.1 Å². The van der Waals surface area contributed by atoms with Crippen molar-refractivity contribution in [1.29, 1.82) is 0 Å². The van der Waals surface area contributed by atoms with E-state index in [1.807, 2.05) is 0 Å². The maximum absolute atomic E-state index is 13.6. The fraction of sp³-hybridized carbons (Fsp3) is 0.222. The Morgan fingerprint density at radius 2 is 1.88 bits per heavy atom. The zero-order valence-electron chi connectivity index (χ0n) is 14.0. The molecule has 1 saturated heterocycles. The van der Waals surface area contributed by atoms with Crippen LogP contribution < -0.4 is 5.32 Å². The fourth-order valence-electron chi connectivity index (χ4n) is 2.80. The van der Waals surface area contributed by atoms with Crippen LogP contribution in [0.2, 0.25) is 0 Å². The van der Waals surface area contributed by atoms with Crippen molar-refractivity contribution >= 4 is 27.5 Å². The summed E-state index contributed by atoms with van der Waals surface area (Å²) in [5.41, 5.74) is 0.627. The summed E-state index contributed by atoms with van der Waals surface area (Å²) in [5.74, 6) is -1.79. The monoisotopic (exact) mass is 376 g/mol. The van der Waals surface area contributed by atoms with E-state index in [9.17, 15) is 22.4 Å². The number of carbonyl (C=O) groups is 2. The zero-order chi connectivity index (χ0) is 18.9. The Kier molecular flexibility index (Phi) is 4.78. The number of hydrogen-bond acceptors (Lipinski definition) is 4. The van der Waals surface area contributed by atoms with Crippen molar-refractivity contribution in [2.24, 2.45) is 0 Å². The smallest absolute Gasteiger partial charge is 0.267 e. The summed E-state index contributed by atoms with van der Waals surface area (Å²) in [6, 6.07) is 10.5. The van der Waals surface area contributed by atoms with Crippen LogP contribution in [0, 0.1) is 12.7 Å². The van der Waals surface area contributed by atoms with Crippen LogP contribution in [-0.4, -0.2) is 30.6 Å². The normalized spacial score (nSPS) is 17.4. The lowest BCUT2D eigenvalue weighted by molar-refractivity contribution is -0.128. The van der Waals surface area contributed by atoms with Crippen LogP contribution >= 0.6 is 0 Å². The number of anilines is 1.